The molecule has 2 rings (SSSR count). The van der Waals surface area contributed by atoms with Gasteiger partial charge in [-0.3, -0.25) is 0 Å². The molecule has 130 valence electrons. The van der Waals surface area contributed by atoms with E-state index in [-0.39, 0.29) is 16.9 Å². The van der Waals surface area contributed by atoms with E-state index in [1.165, 1.54) is 24.5 Å². The van der Waals surface area contributed by atoms with Gasteiger partial charge in [-0.15, -0.1) is 0 Å². The van der Waals surface area contributed by atoms with E-state index in [2.05, 4.69) is 36.2 Å². The first kappa shape index (κ1) is 18.5. The third-order valence-electron chi connectivity index (χ3n) is 2.97. The molecule has 0 aliphatic carbocycles. The summed E-state index contributed by atoms with van der Waals surface area (Å²) in [4.78, 5) is 12.0. The first-order chi connectivity index (χ1) is 11.2. The maximum Gasteiger partial charge on any atom is 0.255 e. The molecule has 2 atom stereocenters. The second kappa shape index (κ2) is 7.38. The number of aromatic nitrogens is 3. The van der Waals surface area contributed by atoms with Gasteiger partial charge in [-0.25, -0.2) is 23.5 Å². The Morgan fingerprint density at radius 1 is 1.29 bits per heavy atom. The Morgan fingerprint density at radius 2 is 2.00 bits per heavy atom. The minimum absolute atomic E-state index is 0.219. The van der Waals surface area contributed by atoms with Crippen molar-refractivity contribution in [1.29, 1.82) is 0 Å². The van der Waals surface area contributed by atoms with Crippen molar-refractivity contribution < 1.29 is 18.3 Å². The molecule has 2 heterocycles. The lowest BCUT2D eigenvalue weighted by molar-refractivity contribution is 0.0569. The van der Waals surface area contributed by atoms with Gasteiger partial charge < -0.3 is 15.2 Å². The van der Waals surface area contributed by atoms with Crippen LogP contribution in [0.15, 0.2) is 34.0 Å². The number of pyridine rings is 1. The van der Waals surface area contributed by atoms with E-state index in [1.807, 2.05) is 0 Å². The van der Waals surface area contributed by atoms with Gasteiger partial charge in [0.25, 0.3) is 10.0 Å². The van der Waals surface area contributed by atoms with E-state index in [4.69, 9.17) is 9.88 Å². The number of nitrogens with two attached hydrogens (primary N) is 1. The van der Waals surface area contributed by atoms with Crippen LogP contribution in [-0.2, 0) is 10.0 Å². The summed E-state index contributed by atoms with van der Waals surface area (Å²) in [5.74, 6) is 0.478. The zero-order valence-electron chi connectivity index (χ0n) is 12.8. The maximum atomic E-state index is 11.2. The summed E-state index contributed by atoms with van der Waals surface area (Å²) in [6.07, 6.45) is 1.66. The standard InChI is InChI=1S/C13H16BrN5O4S/c1-7(20)8(2)23-12-10(14)6-17-13(19-12)18-9-3-4-11(16-5-9)24(15,21)22/h3-8,20H,1-2H3,(H2,15,21,22)(H,17,18,19). The van der Waals surface area contributed by atoms with E-state index in [9.17, 15) is 13.5 Å². The van der Waals surface area contributed by atoms with E-state index in [0.29, 0.717) is 10.2 Å². The zero-order chi connectivity index (χ0) is 17.9. The van der Waals surface area contributed by atoms with E-state index >= 15 is 0 Å². The van der Waals surface area contributed by atoms with Gasteiger partial charge in [-0.05, 0) is 41.9 Å². The molecule has 2 aromatic heterocycles. The van der Waals surface area contributed by atoms with Crippen LogP contribution in [0.3, 0.4) is 0 Å². The van der Waals surface area contributed by atoms with Gasteiger partial charge in [-0.1, -0.05) is 0 Å². The summed E-state index contributed by atoms with van der Waals surface area (Å²) in [5.41, 5.74) is 0.472. The molecule has 9 nitrogen and oxygen atoms in total. The molecule has 2 unspecified atom stereocenters. The van der Waals surface area contributed by atoms with Crippen molar-refractivity contribution in [2.75, 3.05) is 5.32 Å². The molecule has 0 bridgehead atoms. The maximum absolute atomic E-state index is 11.2. The predicted molar refractivity (Wildman–Crippen MR) is 90.4 cm³/mol. The molecule has 0 aliphatic heterocycles. The van der Waals surface area contributed by atoms with Crippen molar-refractivity contribution in [3.63, 3.8) is 0 Å². The summed E-state index contributed by atoms with van der Waals surface area (Å²) in [6, 6.07) is 2.75. The van der Waals surface area contributed by atoms with Crippen molar-refractivity contribution in [3.05, 3.63) is 29.0 Å². The average molecular weight is 418 g/mol. The lowest BCUT2D eigenvalue weighted by atomic mass is 10.3. The Bertz CT molecular complexity index is 814. The number of primary sulfonamides is 1. The second-order valence-corrected chi connectivity index (χ2v) is 7.33. The Balaban J connectivity index is 2.18. The molecule has 2 aromatic rings. The molecule has 0 spiro atoms. The minimum atomic E-state index is -3.85. The van der Waals surface area contributed by atoms with Crippen molar-refractivity contribution in [3.8, 4) is 5.88 Å². The number of hydrogen-bond donors (Lipinski definition) is 3. The Kier molecular flexibility index (Phi) is 5.70. The summed E-state index contributed by atoms with van der Waals surface area (Å²) < 4.78 is 28.4. The van der Waals surface area contributed by atoms with Crippen molar-refractivity contribution >= 4 is 37.6 Å². The van der Waals surface area contributed by atoms with E-state index in [0.717, 1.165) is 0 Å². The van der Waals surface area contributed by atoms with Gasteiger partial charge in [0.2, 0.25) is 11.8 Å². The van der Waals surface area contributed by atoms with Crippen LogP contribution in [0.1, 0.15) is 13.8 Å². The van der Waals surface area contributed by atoms with Gasteiger partial charge in [0.15, 0.2) is 5.03 Å². The Hall–Kier alpha value is -1.82. The van der Waals surface area contributed by atoms with Gasteiger partial charge >= 0.3 is 0 Å². The predicted octanol–water partition coefficient (Wildman–Crippen LogP) is 1.17. The Morgan fingerprint density at radius 3 is 2.54 bits per heavy atom. The topological polar surface area (TPSA) is 140 Å². The fourth-order valence-corrected chi connectivity index (χ4v) is 2.26. The summed E-state index contributed by atoms with van der Waals surface area (Å²) >= 11 is 3.27. The first-order valence-corrected chi connectivity index (χ1v) is 9.14. The highest BCUT2D eigenvalue weighted by molar-refractivity contribution is 9.10. The van der Waals surface area contributed by atoms with Crippen LogP contribution in [-0.4, -0.2) is 40.7 Å². The largest absolute Gasteiger partial charge is 0.471 e. The molecule has 0 saturated carbocycles. The smallest absolute Gasteiger partial charge is 0.255 e. The number of halogens is 1. The lowest BCUT2D eigenvalue weighted by Gasteiger charge is -2.17. The summed E-state index contributed by atoms with van der Waals surface area (Å²) in [5, 5.41) is 17.1. The van der Waals surface area contributed by atoms with E-state index in [1.54, 1.807) is 13.8 Å². The highest BCUT2D eigenvalue weighted by Gasteiger charge is 2.15. The number of nitrogens with one attached hydrogen (secondary N) is 1. The van der Waals surface area contributed by atoms with Gasteiger partial charge in [-0.2, -0.15) is 4.98 Å². The molecule has 11 heteroatoms. The van der Waals surface area contributed by atoms with Gasteiger partial charge in [0.1, 0.15) is 6.10 Å². The second-order valence-electron chi connectivity index (χ2n) is 4.97. The quantitative estimate of drug-likeness (QED) is 0.635. The monoisotopic (exact) mass is 417 g/mol. The van der Waals surface area contributed by atoms with Crippen LogP contribution in [0.2, 0.25) is 0 Å². The molecule has 24 heavy (non-hydrogen) atoms. The molecule has 4 N–H and O–H groups in total. The van der Waals surface area contributed by atoms with Crippen molar-refractivity contribution in [1.82, 2.24) is 15.0 Å². The molecular weight excluding hydrogens is 402 g/mol. The lowest BCUT2D eigenvalue weighted by Crippen LogP contribution is -2.26. The average Bonchev–Trinajstić information content (AvgIpc) is 2.50. The van der Waals surface area contributed by atoms with Crippen molar-refractivity contribution in [2.24, 2.45) is 5.14 Å². The number of sulfonamides is 1. The van der Waals surface area contributed by atoms with Crippen molar-refractivity contribution in [2.45, 2.75) is 31.1 Å². The highest BCUT2D eigenvalue weighted by Crippen LogP contribution is 2.25. The van der Waals surface area contributed by atoms with Crippen LogP contribution in [0.25, 0.3) is 0 Å². The fourth-order valence-electron chi connectivity index (χ4n) is 1.52. The Labute approximate surface area is 147 Å². The first-order valence-electron chi connectivity index (χ1n) is 6.80. The molecular formula is C13H16BrN5O4S. The minimum Gasteiger partial charge on any atom is -0.471 e. The number of ether oxygens (including phenoxy) is 1. The number of aliphatic hydroxyl groups excluding tert-OH is 1. The van der Waals surface area contributed by atoms with Gasteiger partial charge in [0.05, 0.1) is 28.7 Å². The fraction of sp³-hybridized carbons (Fsp3) is 0.308. The molecule has 0 saturated heterocycles. The van der Waals surface area contributed by atoms with E-state index < -0.39 is 22.2 Å². The zero-order valence-corrected chi connectivity index (χ0v) is 15.2. The third-order valence-corrected chi connectivity index (χ3v) is 4.34. The van der Waals surface area contributed by atoms with Crippen LogP contribution < -0.4 is 15.2 Å². The number of anilines is 2. The van der Waals surface area contributed by atoms with Crippen LogP contribution >= 0.6 is 15.9 Å². The summed E-state index contributed by atoms with van der Waals surface area (Å²) in [7, 11) is -3.85. The SMILES string of the molecule is CC(O)C(C)Oc1nc(Nc2ccc(S(N)(=O)=O)nc2)ncc1Br. The summed E-state index contributed by atoms with van der Waals surface area (Å²) in [6.45, 7) is 3.32. The number of rotatable bonds is 6. The molecule has 0 fully saturated rings. The van der Waals surface area contributed by atoms with Gasteiger partial charge in [0, 0.05) is 0 Å². The number of aliphatic hydroxyl groups is 1. The highest BCUT2D eigenvalue weighted by atomic mass is 79.9. The molecule has 0 aliphatic rings. The molecule has 0 radical (unpaired) electrons. The van der Waals surface area contributed by atoms with Crippen LogP contribution in [0.4, 0.5) is 11.6 Å². The number of hydrogen-bond acceptors (Lipinski definition) is 8. The third kappa shape index (κ3) is 4.84. The van der Waals surface area contributed by atoms with Crippen LogP contribution in [0, 0.1) is 0 Å². The number of nitrogens with zero attached hydrogens (tertiary/aromatic N) is 3. The molecule has 0 aromatic carbocycles. The normalized spacial score (nSPS) is 14.0. The molecule has 0 amide bonds. The van der Waals surface area contributed by atoms with Crippen LogP contribution in [0.5, 0.6) is 5.88 Å².